The second kappa shape index (κ2) is 8.54. The van der Waals surface area contributed by atoms with Crippen molar-refractivity contribution >= 4 is 27.5 Å². The summed E-state index contributed by atoms with van der Waals surface area (Å²) >= 11 is 0. The second-order valence-corrected chi connectivity index (χ2v) is 11.3. The predicted molar refractivity (Wildman–Crippen MR) is 119 cm³/mol. The van der Waals surface area contributed by atoms with Gasteiger partial charge >= 0.3 is 0 Å². The van der Waals surface area contributed by atoms with Gasteiger partial charge in [-0.1, -0.05) is 6.92 Å². The number of nitrogens with one attached hydrogen (secondary N) is 1. The maximum absolute atomic E-state index is 13.4. The van der Waals surface area contributed by atoms with Gasteiger partial charge in [0.05, 0.1) is 10.8 Å². The topological polar surface area (TPSA) is 86.8 Å². The zero-order chi connectivity index (χ0) is 22.3. The van der Waals surface area contributed by atoms with E-state index in [1.807, 2.05) is 25.7 Å². The number of hydrogen-bond acceptors (Lipinski definition) is 4. The second-order valence-electron chi connectivity index (χ2n) is 9.35. The summed E-state index contributed by atoms with van der Waals surface area (Å²) in [6, 6.07) is 5.25. The third-order valence-corrected chi connectivity index (χ3v) is 8.69. The van der Waals surface area contributed by atoms with Crippen molar-refractivity contribution in [3.05, 3.63) is 23.8 Å². The van der Waals surface area contributed by atoms with Gasteiger partial charge in [0.15, 0.2) is 0 Å². The zero-order valence-electron chi connectivity index (χ0n) is 18.6. The molecule has 1 aromatic carbocycles. The van der Waals surface area contributed by atoms with Gasteiger partial charge in [0.1, 0.15) is 0 Å². The van der Waals surface area contributed by atoms with Crippen molar-refractivity contribution in [1.29, 1.82) is 0 Å². The average Bonchev–Trinajstić information content (AvgIpc) is 3.55. The van der Waals surface area contributed by atoms with E-state index in [1.165, 1.54) is 4.31 Å². The minimum atomic E-state index is -3.69. The van der Waals surface area contributed by atoms with Crippen molar-refractivity contribution in [3.8, 4) is 0 Å². The van der Waals surface area contributed by atoms with Crippen LogP contribution in [0, 0.1) is 11.8 Å². The third kappa shape index (κ3) is 4.37. The van der Waals surface area contributed by atoms with Crippen LogP contribution in [0.25, 0.3) is 0 Å². The lowest BCUT2D eigenvalue weighted by Crippen LogP contribution is -2.47. The summed E-state index contributed by atoms with van der Waals surface area (Å²) in [5.41, 5.74) is 1.75. The van der Waals surface area contributed by atoms with Crippen LogP contribution in [0.15, 0.2) is 23.1 Å². The lowest BCUT2D eigenvalue weighted by atomic mass is 9.98. The van der Waals surface area contributed by atoms with Gasteiger partial charge in [0.25, 0.3) is 0 Å². The van der Waals surface area contributed by atoms with Gasteiger partial charge < -0.3 is 10.2 Å². The van der Waals surface area contributed by atoms with Crippen molar-refractivity contribution in [3.63, 3.8) is 0 Å². The Morgan fingerprint density at radius 1 is 1.19 bits per heavy atom. The van der Waals surface area contributed by atoms with Crippen molar-refractivity contribution in [2.45, 2.75) is 76.3 Å². The Morgan fingerprint density at radius 3 is 2.61 bits per heavy atom. The largest absolute Gasteiger partial charge is 0.353 e. The molecule has 0 unspecified atom stereocenters. The number of carbonyl (C=O) groups is 2. The number of anilines is 1. The van der Waals surface area contributed by atoms with Crippen LogP contribution in [0.3, 0.4) is 0 Å². The summed E-state index contributed by atoms with van der Waals surface area (Å²) in [5, 5.41) is 2.98. The van der Waals surface area contributed by atoms with Crippen molar-refractivity contribution in [2.24, 2.45) is 11.8 Å². The Labute approximate surface area is 185 Å². The Hall–Kier alpha value is -1.93. The van der Waals surface area contributed by atoms with E-state index in [9.17, 15) is 18.0 Å². The lowest BCUT2D eigenvalue weighted by molar-refractivity contribution is -0.126. The number of nitrogens with zero attached hydrogens (tertiary/aromatic N) is 2. The summed E-state index contributed by atoms with van der Waals surface area (Å²) in [7, 11) is -3.69. The van der Waals surface area contributed by atoms with Gasteiger partial charge in [-0.2, -0.15) is 4.31 Å². The van der Waals surface area contributed by atoms with Gasteiger partial charge in [-0.15, -0.1) is 0 Å². The normalized spacial score (nSPS) is 25.2. The summed E-state index contributed by atoms with van der Waals surface area (Å²) in [6.45, 7) is 6.62. The van der Waals surface area contributed by atoms with Crippen LogP contribution < -0.4 is 10.2 Å². The highest BCUT2D eigenvalue weighted by atomic mass is 32.2. The summed E-state index contributed by atoms with van der Waals surface area (Å²) in [4.78, 5) is 27.3. The monoisotopic (exact) mass is 447 g/mol. The minimum Gasteiger partial charge on any atom is -0.353 e. The van der Waals surface area contributed by atoms with E-state index >= 15 is 0 Å². The number of piperidine rings is 1. The summed E-state index contributed by atoms with van der Waals surface area (Å²) < 4.78 is 28.2. The van der Waals surface area contributed by atoms with E-state index in [0.29, 0.717) is 25.8 Å². The fourth-order valence-electron chi connectivity index (χ4n) is 4.62. The molecule has 1 aliphatic carbocycles. The van der Waals surface area contributed by atoms with Gasteiger partial charge in [0, 0.05) is 36.8 Å². The molecule has 1 aromatic rings. The number of benzene rings is 1. The van der Waals surface area contributed by atoms with Crippen LogP contribution in [-0.2, 0) is 26.0 Å². The fourth-order valence-corrected chi connectivity index (χ4v) is 6.19. The Bertz CT molecular complexity index is 973. The first-order valence-corrected chi connectivity index (χ1v) is 12.9. The number of sulfonamides is 1. The summed E-state index contributed by atoms with van der Waals surface area (Å²) in [5.74, 6) is -0.0957. The molecule has 0 bridgehead atoms. The highest BCUT2D eigenvalue weighted by Gasteiger charge is 2.40. The van der Waals surface area contributed by atoms with Gasteiger partial charge in [-0.05, 0) is 76.1 Å². The number of carbonyl (C=O) groups excluding carboxylic acids is 2. The van der Waals surface area contributed by atoms with Crippen LogP contribution in [-0.4, -0.2) is 49.7 Å². The fraction of sp³-hybridized carbons (Fsp3) is 0.652. The Kier molecular flexibility index (Phi) is 6.14. The Morgan fingerprint density at radius 2 is 1.94 bits per heavy atom. The SMILES string of the molecule is CC[C@H](C)NC(=O)[C@H]1CCCN(S(=O)(=O)c2ccc3c(c2)C[C@H](C)N3C(=O)C2CC2)C1. The van der Waals surface area contributed by atoms with Gasteiger partial charge in [-0.25, -0.2) is 8.42 Å². The highest BCUT2D eigenvalue weighted by molar-refractivity contribution is 7.89. The highest BCUT2D eigenvalue weighted by Crippen LogP contribution is 2.40. The van der Waals surface area contributed by atoms with Crippen LogP contribution in [0.4, 0.5) is 5.69 Å². The molecular weight excluding hydrogens is 414 g/mol. The molecule has 3 atom stereocenters. The smallest absolute Gasteiger partial charge is 0.243 e. The molecule has 4 rings (SSSR count). The molecular formula is C23H33N3O4S. The molecule has 2 aliphatic heterocycles. The molecule has 2 fully saturated rings. The predicted octanol–water partition coefficient (Wildman–Crippen LogP) is 2.69. The van der Waals surface area contributed by atoms with E-state index in [-0.39, 0.29) is 47.2 Å². The van der Waals surface area contributed by atoms with Crippen molar-refractivity contribution in [2.75, 3.05) is 18.0 Å². The lowest BCUT2D eigenvalue weighted by Gasteiger charge is -2.32. The minimum absolute atomic E-state index is 0.0460. The average molecular weight is 448 g/mol. The first-order valence-electron chi connectivity index (χ1n) is 11.5. The molecule has 3 aliphatic rings. The molecule has 170 valence electrons. The number of rotatable bonds is 6. The van der Waals surface area contributed by atoms with Crippen LogP contribution >= 0.6 is 0 Å². The molecule has 2 heterocycles. The van der Waals surface area contributed by atoms with E-state index in [0.717, 1.165) is 30.5 Å². The molecule has 7 nitrogen and oxygen atoms in total. The van der Waals surface area contributed by atoms with Crippen LogP contribution in [0.2, 0.25) is 0 Å². The van der Waals surface area contributed by atoms with E-state index < -0.39 is 10.0 Å². The molecule has 31 heavy (non-hydrogen) atoms. The quantitative estimate of drug-likeness (QED) is 0.726. The summed E-state index contributed by atoms with van der Waals surface area (Å²) in [6.07, 6.45) is 4.78. The van der Waals surface area contributed by atoms with E-state index in [4.69, 9.17) is 0 Å². The molecule has 1 saturated heterocycles. The number of amides is 2. The van der Waals surface area contributed by atoms with Crippen molar-refractivity contribution in [1.82, 2.24) is 9.62 Å². The molecule has 2 amide bonds. The van der Waals surface area contributed by atoms with E-state index in [1.54, 1.807) is 18.2 Å². The molecule has 0 radical (unpaired) electrons. The van der Waals surface area contributed by atoms with Crippen molar-refractivity contribution < 1.29 is 18.0 Å². The molecule has 0 spiro atoms. The van der Waals surface area contributed by atoms with Gasteiger partial charge in [0.2, 0.25) is 21.8 Å². The standard InChI is InChI=1S/C23H33N3O4S/c1-4-15(2)24-22(27)18-6-5-11-25(14-18)31(29,30)20-9-10-21-19(13-20)12-16(3)26(21)23(28)17-7-8-17/h9-10,13,15-18H,4-8,11-12,14H2,1-3H3,(H,24,27)/t15-,16-,18-/m0/s1. The molecule has 8 heteroatoms. The maximum atomic E-state index is 13.4. The molecule has 1 N–H and O–H groups in total. The number of hydrogen-bond donors (Lipinski definition) is 1. The Balaban J connectivity index is 1.52. The first kappa shape index (κ1) is 22.3. The molecule has 1 saturated carbocycles. The van der Waals surface area contributed by atoms with Crippen LogP contribution in [0.5, 0.6) is 0 Å². The first-order chi connectivity index (χ1) is 14.7. The van der Waals surface area contributed by atoms with E-state index in [2.05, 4.69) is 5.32 Å². The zero-order valence-corrected chi connectivity index (χ0v) is 19.5. The number of fused-ring (bicyclic) bond motifs is 1. The molecule has 0 aromatic heterocycles. The van der Waals surface area contributed by atoms with Crippen LogP contribution in [0.1, 0.15) is 58.4 Å². The van der Waals surface area contributed by atoms with Gasteiger partial charge in [-0.3, -0.25) is 9.59 Å². The third-order valence-electron chi connectivity index (χ3n) is 6.82. The maximum Gasteiger partial charge on any atom is 0.243 e.